The van der Waals surface area contributed by atoms with E-state index in [0.717, 1.165) is 11.9 Å². The maximum atomic E-state index is 12.4. The van der Waals surface area contributed by atoms with E-state index in [1.54, 1.807) is 17.0 Å². The summed E-state index contributed by atoms with van der Waals surface area (Å²) in [5.41, 5.74) is 1.72. The number of rotatable bonds is 6. The third-order valence-electron chi connectivity index (χ3n) is 4.72. The summed E-state index contributed by atoms with van der Waals surface area (Å²) in [4.78, 5) is 28.5. The van der Waals surface area contributed by atoms with Gasteiger partial charge in [0.1, 0.15) is 0 Å². The molecule has 160 valence electrons. The molecular weight excluding hydrogens is 428 g/mol. The maximum Gasteiger partial charge on any atom is 0.338 e. The Hall–Kier alpha value is -2.58. The minimum absolute atomic E-state index is 0.163. The van der Waals surface area contributed by atoms with Gasteiger partial charge in [0, 0.05) is 43.1 Å². The fourth-order valence-corrected chi connectivity index (χ4v) is 4.25. The molecule has 0 aliphatic carbocycles. The molecule has 1 aliphatic rings. The first kappa shape index (κ1) is 22.1. The smallest absolute Gasteiger partial charge is 0.338 e. The van der Waals surface area contributed by atoms with Crippen LogP contribution in [-0.2, 0) is 25.1 Å². The number of carbonyl (C=O) groups is 2. The SMILES string of the molecule is CS(=O)(=O)Cc1cccc(C(=O)OCC(=O)N2CCN(c3cccc(Cl)c3)CC2)c1. The average molecular weight is 451 g/mol. The number of halogens is 1. The van der Waals surface area contributed by atoms with E-state index in [1.165, 1.54) is 12.1 Å². The van der Waals surface area contributed by atoms with Crippen molar-refractivity contribution in [2.24, 2.45) is 0 Å². The zero-order valence-corrected chi connectivity index (χ0v) is 18.2. The minimum atomic E-state index is -3.21. The van der Waals surface area contributed by atoms with Crippen molar-refractivity contribution < 1.29 is 22.7 Å². The highest BCUT2D eigenvalue weighted by Gasteiger charge is 2.22. The molecule has 1 amide bonds. The maximum absolute atomic E-state index is 12.4. The van der Waals surface area contributed by atoms with E-state index < -0.39 is 15.8 Å². The summed E-state index contributed by atoms with van der Waals surface area (Å²) in [5, 5.41) is 0.665. The number of hydrogen-bond donors (Lipinski definition) is 0. The van der Waals surface area contributed by atoms with E-state index >= 15 is 0 Å². The first-order valence-electron chi connectivity index (χ1n) is 9.43. The third kappa shape index (κ3) is 6.21. The summed E-state index contributed by atoms with van der Waals surface area (Å²) in [6.07, 6.45) is 1.13. The van der Waals surface area contributed by atoms with Crippen molar-refractivity contribution in [1.29, 1.82) is 0 Å². The summed E-state index contributed by atoms with van der Waals surface area (Å²) in [6, 6.07) is 13.8. The molecule has 1 fully saturated rings. The third-order valence-corrected chi connectivity index (χ3v) is 5.82. The fourth-order valence-electron chi connectivity index (χ4n) is 3.28. The van der Waals surface area contributed by atoms with E-state index in [9.17, 15) is 18.0 Å². The topological polar surface area (TPSA) is 84.0 Å². The van der Waals surface area contributed by atoms with Gasteiger partial charge < -0.3 is 14.5 Å². The quantitative estimate of drug-likeness (QED) is 0.628. The summed E-state index contributed by atoms with van der Waals surface area (Å²) >= 11 is 6.04. The first-order chi connectivity index (χ1) is 14.2. The zero-order chi connectivity index (χ0) is 21.7. The number of sulfone groups is 1. The predicted octanol–water partition coefficient (Wildman–Crippen LogP) is 2.39. The Kier molecular flexibility index (Phi) is 6.99. The zero-order valence-electron chi connectivity index (χ0n) is 16.6. The largest absolute Gasteiger partial charge is 0.452 e. The Labute approximate surface area is 181 Å². The summed E-state index contributed by atoms with van der Waals surface area (Å²) in [7, 11) is -3.21. The molecule has 0 spiro atoms. The molecule has 9 heteroatoms. The molecule has 7 nitrogen and oxygen atoms in total. The van der Waals surface area contributed by atoms with E-state index in [4.69, 9.17) is 16.3 Å². The van der Waals surface area contributed by atoms with Crippen LogP contribution in [-0.4, -0.2) is 64.2 Å². The number of nitrogens with zero attached hydrogens (tertiary/aromatic N) is 2. The van der Waals surface area contributed by atoms with Crippen LogP contribution < -0.4 is 4.90 Å². The van der Waals surface area contributed by atoms with Gasteiger partial charge in [0.25, 0.3) is 5.91 Å². The second kappa shape index (κ2) is 9.49. The molecule has 0 unspecified atom stereocenters. The fraction of sp³-hybridized carbons (Fsp3) is 0.333. The van der Waals surface area contributed by atoms with Gasteiger partial charge in [0.05, 0.1) is 11.3 Å². The minimum Gasteiger partial charge on any atom is -0.452 e. The highest BCUT2D eigenvalue weighted by molar-refractivity contribution is 7.89. The van der Waals surface area contributed by atoms with Crippen LogP contribution in [0.15, 0.2) is 48.5 Å². The van der Waals surface area contributed by atoms with E-state index in [2.05, 4.69) is 4.90 Å². The van der Waals surface area contributed by atoms with E-state index in [1.807, 2.05) is 24.3 Å². The summed E-state index contributed by atoms with van der Waals surface area (Å²) in [6.45, 7) is 2.01. The summed E-state index contributed by atoms with van der Waals surface area (Å²) < 4.78 is 28.0. The molecule has 0 N–H and O–H groups in total. The van der Waals surface area contributed by atoms with Crippen molar-refractivity contribution >= 4 is 39.0 Å². The molecule has 1 saturated heterocycles. The van der Waals surface area contributed by atoms with Gasteiger partial charge in [-0.25, -0.2) is 13.2 Å². The number of esters is 1. The lowest BCUT2D eigenvalue weighted by Gasteiger charge is -2.36. The molecule has 0 atom stereocenters. The van der Waals surface area contributed by atoms with Crippen LogP contribution in [0.4, 0.5) is 5.69 Å². The second-order valence-corrected chi connectivity index (χ2v) is 9.77. The molecule has 1 heterocycles. The van der Waals surface area contributed by atoms with Gasteiger partial charge in [-0.2, -0.15) is 0 Å². The Morgan fingerprint density at radius 2 is 1.73 bits per heavy atom. The number of benzene rings is 2. The molecule has 0 aromatic heterocycles. The second-order valence-electron chi connectivity index (χ2n) is 7.19. The van der Waals surface area contributed by atoms with Crippen molar-refractivity contribution in [3.05, 3.63) is 64.7 Å². The normalized spacial score (nSPS) is 14.5. The average Bonchev–Trinajstić information content (AvgIpc) is 2.71. The predicted molar refractivity (Wildman–Crippen MR) is 116 cm³/mol. The molecule has 0 bridgehead atoms. The Bertz CT molecular complexity index is 1030. The Morgan fingerprint density at radius 1 is 1.03 bits per heavy atom. The highest BCUT2D eigenvalue weighted by atomic mass is 35.5. The van der Waals surface area contributed by atoms with Crippen molar-refractivity contribution in [1.82, 2.24) is 4.90 Å². The standard InChI is InChI=1S/C21H23ClN2O5S/c1-30(27,28)15-16-4-2-5-17(12-16)21(26)29-14-20(25)24-10-8-23(9-11-24)19-7-3-6-18(22)13-19/h2-7,12-13H,8-11,14-15H2,1H3. The molecule has 2 aromatic rings. The van der Waals surface area contributed by atoms with Gasteiger partial charge in [0.15, 0.2) is 16.4 Å². The molecule has 1 aliphatic heterocycles. The monoisotopic (exact) mass is 450 g/mol. The lowest BCUT2D eigenvalue weighted by molar-refractivity contribution is -0.134. The molecule has 2 aromatic carbocycles. The van der Waals surface area contributed by atoms with Gasteiger partial charge in [-0.1, -0.05) is 29.8 Å². The highest BCUT2D eigenvalue weighted by Crippen LogP contribution is 2.20. The summed E-state index contributed by atoms with van der Waals surface area (Å²) in [5.74, 6) is -1.08. The number of hydrogen-bond acceptors (Lipinski definition) is 6. The van der Waals surface area contributed by atoms with Crippen LogP contribution in [0.2, 0.25) is 5.02 Å². The van der Waals surface area contributed by atoms with Crippen molar-refractivity contribution in [2.45, 2.75) is 5.75 Å². The number of carbonyl (C=O) groups excluding carboxylic acids is 2. The number of anilines is 1. The van der Waals surface area contributed by atoms with Gasteiger partial charge in [-0.15, -0.1) is 0 Å². The van der Waals surface area contributed by atoms with Crippen LogP contribution in [0.1, 0.15) is 15.9 Å². The van der Waals surface area contributed by atoms with Crippen LogP contribution in [0.3, 0.4) is 0 Å². The van der Waals surface area contributed by atoms with Crippen LogP contribution >= 0.6 is 11.6 Å². The molecular formula is C21H23ClN2O5S. The van der Waals surface area contributed by atoms with Gasteiger partial charge in [-0.05, 0) is 35.9 Å². The lowest BCUT2D eigenvalue weighted by Crippen LogP contribution is -2.49. The van der Waals surface area contributed by atoms with Crippen LogP contribution in [0.25, 0.3) is 0 Å². The molecule has 0 radical (unpaired) electrons. The van der Waals surface area contributed by atoms with Gasteiger partial charge in [0.2, 0.25) is 0 Å². The van der Waals surface area contributed by atoms with Gasteiger partial charge >= 0.3 is 5.97 Å². The van der Waals surface area contributed by atoms with Crippen molar-refractivity contribution in [2.75, 3.05) is 43.9 Å². The number of ether oxygens (including phenoxy) is 1. The number of piperazine rings is 1. The van der Waals surface area contributed by atoms with E-state index in [0.29, 0.717) is 36.8 Å². The molecule has 3 rings (SSSR count). The Balaban J connectivity index is 1.50. The van der Waals surface area contributed by atoms with Crippen molar-refractivity contribution in [3.63, 3.8) is 0 Å². The van der Waals surface area contributed by atoms with Crippen molar-refractivity contribution in [3.8, 4) is 0 Å². The lowest BCUT2D eigenvalue weighted by atomic mass is 10.1. The van der Waals surface area contributed by atoms with E-state index in [-0.39, 0.29) is 23.8 Å². The van der Waals surface area contributed by atoms with Crippen LogP contribution in [0, 0.1) is 0 Å². The Morgan fingerprint density at radius 3 is 2.40 bits per heavy atom. The van der Waals surface area contributed by atoms with Gasteiger partial charge in [-0.3, -0.25) is 4.79 Å². The first-order valence-corrected chi connectivity index (χ1v) is 11.9. The molecule has 30 heavy (non-hydrogen) atoms. The van der Waals surface area contributed by atoms with Crippen LogP contribution in [0.5, 0.6) is 0 Å². The molecule has 0 saturated carbocycles. The number of amides is 1.